The van der Waals surface area contributed by atoms with Crippen LogP contribution in [-0.4, -0.2) is 49.4 Å². The monoisotopic (exact) mass is 366 g/mol. The molecular formula is C23H51BN2. The van der Waals surface area contributed by atoms with Gasteiger partial charge in [-0.05, 0) is 58.3 Å². The van der Waals surface area contributed by atoms with E-state index in [1.165, 1.54) is 110 Å². The van der Waals surface area contributed by atoms with Crippen molar-refractivity contribution in [1.82, 2.24) is 9.80 Å². The Morgan fingerprint density at radius 3 is 0.962 bits per heavy atom. The predicted octanol–water partition coefficient (Wildman–Crippen LogP) is 6.05. The summed E-state index contributed by atoms with van der Waals surface area (Å²) in [5.74, 6) is 0. The molecule has 0 aliphatic rings. The van der Waals surface area contributed by atoms with Gasteiger partial charge in [0, 0.05) is 5.56 Å². The van der Waals surface area contributed by atoms with E-state index in [4.69, 9.17) is 0 Å². The van der Waals surface area contributed by atoms with Crippen molar-refractivity contribution in [3.8, 4) is 0 Å². The van der Waals surface area contributed by atoms with Gasteiger partial charge in [-0.25, -0.2) is 0 Å². The van der Waals surface area contributed by atoms with Crippen molar-refractivity contribution < 1.29 is 0 Å². The van der Waals surface area contributed by atoms with Crippen LogP contribution in [0.15, 0.2) is 0 Å². The lowest BCUT2D eigenvalue weighted by Gasteiger charge is -2.50. The normalized spacial score (nSPS) is 12.4. The van der Waals surface area contributed by atoms with E-state index in [1.807, 2.05) is 0 Å². The van der Waals surface area contributed by atoms with Gasteiger partial charge in [0.05, 0.1) is 0 Å². The highest BCUT2D eigenvalue weighted by molar-refractivity contribution is 6.14. The standard InChI is InChI=1S/C23H51BN2/c1-6-11-15-19-25(20-16-12-7-2)23(24,10-5)26(21-17-13-8-3)22-18-14-9-4/h6-22,24H2,1-5H3. The molecule has 26 heavy (non-hydrogen) atoms. The molecule has 156 valence electrons. The summed E-state index contributed by atoms with van der Waals surface area (Å²) < 4.78 is 0. The Kier molecular flexibility index (Phi) is 17.1. The van der Waals surface area contributed by atoms with Crippen molar-refractivity contribution in [1.29, 1.82) is 0 Å². The van der Waals surface area contributed by atoms with E-state index in [0.717, 1.165) is 0 Å². The molecule has 0 aromatic rings. The third kappa shape index (κ3) is 10.4. The van der Waals surface area contributed by atoms with Crippen LogP contribution in [0.25, 0.3) is 0 Å². The molecule has 0 saturated carbocycles. The minimum Gasteiger partial charge on any atom is -0.293 e. The van der Waals surface area contributed by atoms with Gasteiger partial charge in [-0.2, -0.15) is 0 Å². The largest absolute Gasteiger partial charge is 0.293 e. The Morgan fingerprint density at radius 1 is 0.500 bits per heavy atom. The molecule has 0 radical (unpaired) electrons. The number of nitrogens with zero attached hydrogens (tertiary/aromatic N) is 2. The van der Waals surface area contributed by atoms with Crippen LogP contribution < -0.4 is 0 Å². The first kappa shape index (κ1) is 26.0. The molecule has 0 N–H and O–H groups in total. The Balaban J connectivity index is 5.15. The van der Waals surface area contributed by atoms with E-state index in [-0.39, 0.29) is 5.56 Å². The van der Waals surface area contributed by atoms with E-state index < -0.39 is 0 Å². The molecule has 0 atom stereocenters. The summed E-state index contributed by atoms with van der Waals surface area (Å²) in [4.78, 5) is 5.71. The minimum atomic E-state index is 0.239. The van der Waals surface area contributed by atoms with Crippen LogP contribution in [0.3, 0.4) is 0 Å². The molecule has 0 aliphatic carbocycles. The quantitative estimate of drug-likeness (QED) is 0.156. The lowest BCUT2D eigenvalue weighted by molar-refractivity contribution is -0.00267. The lowest BCUT2D eigenvalue weighted by atomic mass is 9.79. The molecule has 0 fully saturated rings. The van der Waals surface area contributed by atoms with Crippen LogP contribution in [0.1, 0.15) is 118 Å². The zero-order valence-electron chi connectivity index (χ0n) is 19.4. The summed E-state index contributed by atoms with van der Waals surface area (Å²) in [6.45, 7) is 16.8. The van der Waals surface area contributed by atoms with Gasteiger partial charge in [0.25, 0.3) is 0 Å². The molecule has 0 aromatic carbocycles. The van der Waals surface area contributed by atoms with Crippen LogP contribution in [-0.2, 0) is 0 Å². The molecule has 0 saturated heterocycles. The van der Waals surface area contributed by atoms with Gasteiger partial charge >= 0.3 is 0 Å². The molecule has 0 aliphatic heterocycles. The van der Waals surface area contributed by atoms with Gasteiger partial charge < -0.3 is 0 Å². The summed E-state index contributed by atoms with van der Waals surface area (Å²) in [6.07, 6.45) is 17.4. The van der Waals surface area contributed by atoms with E-state index in [9.17, 15) is 0 Å². The molecule has 3 heteroatoms. The van der Waals surface area contributed by atoms with Crippen molar-refractivity contribution >= 4 is 7.85 Å². The van der Waals surface area contributed by atoms with Crippen LogP contribution in [0.5, 0.6) is 0 Å². The molecule has 0 aromatic heterocycles. The maximum Gasteiger partial charge on any atom is 0.147 e. The second kappa shape index (κ2) is 17.1. The highest BCUT2D eigenvalue weighted by Crippen LogP contribution is 2.25. The molecule has 0 rings (SSSR count). The topological polar surface area (TPSA) is 6.48 Å². The summed E-state index contributed by atoms with van der Waals surface area (Å²) in [6, 6.07) is 0. The van der Waals surface area contributed by atoms with Gasteiger partial charge in [0.15, 0.2) is 0 Å². The van der Waals surface area contributed by atoms with Crippen LogP contribution in [0, 0.1) is 0 Å². The highest BCUT2D eigenvalue weighted by Gasteiger charge is 2.34. The molecule has 0 amide bonds. The van der Waals surface area contributed by atoms with Gasteiger partial charge in [0.1, 0.15) is 7.85 Å². The molecule has 0 unspecified atom stereocenters. The number of hydrogen-bond donors (Lipinski definition) is 0. The van der Waals surface area contributed by atoms with E-state index >= 15 is 0 Å². The third-order valence-electron chi connectivity index (χ3n) is 6.16. The molecule has 0 heterocycles. The number of unbranched alkanes of at least 4 members (excludes halogenated alkanes) is 8. The van der Waals surface area contributed by atoms with Crippen LogP contribution >= 0.6 is 0 Å². The second-order valence-electron chi connectivity index (χ2n) is 8.37. The lowest BCUT2D eigenvalue weighted by Crippen LogP contribution is -2.62. The minimum absolute atomic E-state index is 0.239. The Labute approximate surface area is 167 Å². The van der Waals surface area contributed by atoms with E-state index in [2.05, 4.69) is 52.3 Å². The first-order valence-electron chi connectivity index (χ1n) is 12.1. The zero-order chi connectivity index (χ0) is 19.7. The van der Waals surface area contributed by atoms with Crippen LogP contribution in [0.2, 0.25) is 0 Å². The first-order chi connectivity index (χ1) is 12.6. The summed E-state index contributed by atoms with van der Waals surface area (Å²) >= 11 is 0. The third-order valence-corrected chi connectivity index (χ3v) is 6.16. The SMILES string of the molecule is BC(CC)(N(CCCCC)CCCCC)N(CCCCC)CCCCC. The highest BCUT2D eigenvalue weighted by atomic mass is 15.4. The fraction of sp³-hybridized carbons (Fsp3) is 1.00. The maximum atomic E-state index is 2.86. The van der Waals surface area contributed by atoms with Crippen LogP contribution in [0.4, 0.5) is 0 Å². The van der Waals surface area contributed by atoms with E-state index in [1.54, 1.807) is 0 Å². The van der Waals surface area contributed by atoms with Crippen molar-refractivity contribution in [3.05, 3.63) is 0 Å². The average molecular weight is 366 g/mol. The smallest absolute Gasteiger partial charge is 0.147 e. The number of hydrogen-bond acceptors (Lipinski definition) is 2. The van der Waals surface area contributed by atoms with Crippen molar-refractivity contribution in [2.24, 2.45) is 0 Å². The summed E-state index contributed by atoms with van der Waals surface area (Å²) in [5.41, 5.74) is 0.239. The van der Waals surface area contributed by atoms with Gasteiger partial charge in [0.2, 0.25) is 0 Å². The average Bonchev–Trinajstić information content (AvgIpc) is 2.65. The van der Waals surface area contributed by atoms with Crippen molar-refractivity contribution in [2.45, 2.75) is 124 Å². The number of rotatable bonds is 19. The van der Waals surface area contributed by atoms with Gasteiger partial charge in [-0.15, -0.1) is 0 Å². The Morgan fingerprint density at radius 2 is 0.769 bits per heavy atom. The molecular weight excluding hydrogens is 315 g/mol. The second-order valence-corrected chi connectivity index (χ2v) is 8.37. The van der Waals surface area contributed by atoms with E-state index in [0.29, 0.717) is 0 Å². The molecule has 0 bridgehead atoms. The molecule has 2 nitrogen and oxygen atoms in total. The van der Waals surface area contributed by atoms with Gasteiger partial charge in [-0.1, -0.05) is 86.0 Å². The Hall–Kier alpha value is -0.0151. The van der Waals surface area contributed by atoms with Crippen molar-refractivity contribution in [2.75, 3.05) is 26.2 Å². The van der Waals surface area contributed by atoms with Gasteiger partial charge in [-0.3, -0.25) is 9.80 Å². The maximum absolute atomic E-state index is 2.86. The summed E-state index contributed by atoms with van der Waals surface area (Å²) in [5, 5.41) is 0. The Bertz CT molecular complexity index is 252. The fourth-order valence-corrected chi connectivity index (χ4v) is 4.04. The zero-order valence-corrected chi connectivity index (χ0v) is 19.4. The predicted molar refractivity (Wildman–Crippen MR) is 123 cm³/mol. The first-order valence-corrected chi connectivity index (χ1v) is 12.1. The fourth-order valence-electron chi connectivity index (χ4n) is 4.04. The summed E-state index contributed by atoms with van der Waals surface area (Å²) in [7, 11) is 2.54. The molecule has 0 spiro atoms. The van der Waals surface area contributed by atoms with Crippen molar-refractivity contribution in [3.63, 3.8) is 0 Å².